The van der Waals surface area contributed by atoms with Crippen LogP contribution in [0, 0.1) is 17.6 Å². The summed E-state index contributed by atoms with van der Waals surface area (Å²) in [5.41, 5.74) is 6.09. The van der Waals surface area contributed by atoms with Gasteiger partial charge in [0.15, 0.2) is 5.69 Å². The van der Waals surface area contributed by atoms with Gasteiger partial charge in [-0.2, -0.15) is 13.2 Å². The quantitative estimate of drug-likeness (QED) is 0.324. The van der Waals surface area contributed by atoms with E-state index in [1.165, 1.54) is 18.5 Å². The number of nitrogens with zero attached hydrogens (tertiary/aromatic N) is 2. The number of benzene rings is 1. The van der Waals surface area contributed by atoms with Crippen molar-refractivity contribution in [2.45, 2.75) is 6.18 Å². The number of halogens is 6. The number of ether oxygens (including phenoxy) is 1. The van der Waals surface area contributed by atoms with E-state index in [0.29, 0.717) is 6.07 Å². The van der Waals surface area contributed by atoms with E-state index in [2.05, 4.69) is 15.3 Å². The highest BCUT2D eigenvalue weighted by Crippen LogP contribution is 2.39. The standard InChI is InChI=1S/C22H20F5N5O3.ClH/c23-13-2-1-3-14(24)18(13)19-12(22(25,26)27)6-15(29)20(32-19)21(34)31-16-8-30-5-4-17(16)35-10-11(7-28)9-33;/h1-6,8,11,33H,7,9-10,28-29H2,(H,31,34);1H. The summed E-state index contributed by atoms with van der Waals surface area (Å²) in [6.07, 6.45) is -2.52. The topological polar surface area (TPSA) is 136 Å². The number of amides is 1. The van der Waals surface area contributed by atoms with E-state index in [0.717, 1.165) is 18.2 Å². The van der Waals surface area contributed by atoms with Crippen molar-refractivity contribution in [3.8, 4) is 17.0 Å². The molecule has 1 unspecified atom stereocenters. The number of nitrogen functional groups attached to an aromatic ring is 1. The van der Waals surface area contributed by atoms with Crippen LogP contribution in [0.4, 0.5) is 33.3 Å². The summed E-state index contributed by atoms with van der Waals surface area (Å²) < 4.78 is 75.1. The predicted octanol–water partition coefficient (Wildman–Crippen LogP) is 3.64. The van der Waals surface area contributed by atoms with Gasteiger partial charge in [-0.05, 0) is 18.2 Å². The summed E-state index contributed by atoms with van der Waals surface area (Å²) in [5.74, 6) is -3.96. The van der Waals surface area contributed by atoms with Gasteiger partial charge >= 0.3 is 6.18 Å². The van der Waals surface area contributed by atoms with Crippen molar-refractivity contribution in [3.05, 3.63) is 65.6 Å². The lowest BCUT2D eigenvalue weighted by Gasteiger charge is -2.18. The van der Waals surface area contributed by atoms with Crippen LogP contribution >= 0.6 is 12.4 Å². The third kappa shape index (κ3) is 6.36. The van der Waals surface area contributed by atoms with E-state index in [-0.39, 0.29) is 43.6 Å². The molecule has 1 amide bonds. The molecule has 36 heavy (non-hydrogen) atoms. The minimum atomic E-state index is -5.07. The summed E-state index contributed by atoms with van der Waals surface area (Å²) in [7, 11) is 0. The van der Waals surface area contributed by atoms with Gasteiger partial charge in [0, 0.05) is 24.7 Å². The molecule has 3 rings (SSSR count). The molecule has 194 valence electrons. The number of pyridine rings is 2. The summed E-state index contributed by atoms with van der Waals surface area (Å²) in [4.78, 5) is 20.3. The molecule has 0 bridgehead atoms. The van der Waals surface area contributed by atoms with Gasteiger partial charge in [0.1, 0.15) is 23.1 Å². The Morgan fingerprint density at radius 2 is 1.86 bits per heavy atom. The van der Waals surface area contributed by atoms with Crippen LogP contribution in [0.2, 0.25) is 0 Å². The summed E-state index contributed by atoms with van der Waals surface area (Å²) in [5, 5.41) is 11.6. The van der Waals surface area contributed by atoms with Crippen LogP contribution in [0.5, 0.6) is 5.75 Å². The average molecular weight is 534 g/mol. The summed E-state index contributed by atoms with van der Waals surface area (Å²) in [6.45, 7) is -0.118. The molecule has 0 radical (unpaired) electrons. The zero-order valence-corrected chi connectivity index (χ0v) is 19.2. The number of nitrogens with two attached hydrogens (primary N) is 2. The zero-order valence-electron chi connectivity index (χ0n) is 18.4. The van der Waals surface area contributed by atoms with Crippen LogP contribution in [0.15, 0.2) is 42.7 Å². The summed E-state index contributed by atoms with van der Waals surface area (Å²) in [6, 6.07) is 4.27. The van der Waals surface area contributed by atoms with Crippen molar-refractivity contribution in [1.82, 2.24) is 9.97 Å². The molecule has 0 aliphatic rings. The molecule has 0 fully saturated rings. The lowest BCUT2D eigenvalue weighted by molar-refractivity contribution is -0.137. The van der Waals surface area contributed by atoms with Crippen LogP contribution in [-0.2, 0) is 6.18 Å². The number of alkyl halides is 3. The smallest absolute Gasteiger partial charge is 0.418 e. The highest BCUT2D eigenvalue weighted by Gasteiger charge is 2.37. The molecular formula is C22H21ClF5N5O3. The van der Waals surface area contributed by atoms with Crippen molar-refractivity contribution in [2.24, 2.45) is 11.7 Å². The maximum absolute atomic E-state index is 14.3. The molecule has 14 heteroatoms. The monoisotopic (exact) mass is 533 g/mol. The second-order valence-corrected chi connectivity index (χ2v) is 7.34. The highest BCUT2D eigenvalue weighted by molar-refractivity contribution is 6.07. The number of hydrogen-bond donors (Lipinski definition) is 4. The molecule has 0 aliphatic heterocycles. The number of rotatable bonds is 8. The van der Waals surface area contributed by atoms with E-state index in [4.69, 9.17) is 16.2 Å². The number of nitrogens with one attached hydrogen (secondary N) is 1. The molecule has 6 N–H and O–H groups in total. The van der Waals surface area contributed by atoms with Crippen LogP contribution in [0.3, 0.4) is 0 Å². The molecule has 2 heterocycles. The Kier molecular flexibility index (Phi) is 9.50. The summed E-state index contributed by atoms with van der Waals surface area (Å²) >= 11 is 0. The van der Waals surface area contributed by atoms with Gasteiger partial charge in [0.25, 0.3) is 5.91 Å². The molecule has 2 aromatic heterocycles. The highest BCUT2D eigenvalue weighted by atomic mass is 35.5. The molecule has 0 spiro atoms. The van der Waals surface area contributed by atoms with Crippen molar-refractivity contribution in [1.29, 1.82) is 0 Å². The fourth-order valence-corrected chi connectivity index (χ4v) is 3.03. The molecule has 0 saturated heterocycles. The van der Waals surface area contributed by atoms with E-state index < -0.39 is 57.8 Å². The number of anilines is 2. The van der Waals surface area contributed by atoms with Gasteiger partial charge in [-0.3, -0.25) is 9.78 Å². The predicted molar refractivity (Wildman–Crippen MR) is 124 cm³/mol. The SMILES string of the molecule is Cl.NCC(CO)COc1ccncc1NC(=O)c1nc(-c2c(F)cccc2F)c(C(F)(F)F)cc1N. The van der Waals surface area contributed by atoms with Gasteiger partial charge in [0.05, 0.1) is 41.9 Å². The maximum Gasteiger partial charge on any atom is 0.418 e. The molecule has 0 saturated carbocycles. The average Bonchev–Trinajstić information content (AvgIpc) is 2.80. The van der Waals surface area contributed by atoms with Gasteiger partial charge in [0.2, 0.25) is 0 Å². The molecule has 8 nitrogen and oxygen atoms in total. The first-order chi connectivity index (χ1) is 16.6. The minimum absolute atomic E-state index is 0. The first kappa shape index (κ1) is 28.7. The number of hydrogen-bond acceptors (Lipinski definition) is 7. The lowest BCUT2D eigenvalue weighted by atomic mass is 10.0. The Hall–Kier alpha value is -3.55. The third-order valence-electron chi connectivity index (χ3n) is 4.87. The molecule has 0 aliphatic carbocycles. The zero-order chi connectivity index (χ0) is 25.8. The van der Waals surface area contributed by atoms with Gasteiger partial charge in [-0.25, -0.2) is 13.8 Å². The largest absolute Gasteiger partial charge is 0.491 e. The maximum atomic E-state index is 14.3. The van der Waals surface area contributed by atoms with Crippen molar-refractivity contribution in [2.75, 3.05) is 30.8 Å². The van der Waals surface area contributed by atoms with Gasteiger partial charge in [-0.1, -0.05) is 6.07 Å². The second kappa shape index (κ2) is 11.9. The Morgan fingerprint density at radius 1 is 1.19 bits per heavy atom. The Morgan fingerprint density at radius 3 is 2.44 bits per heavy atom. The normalized spacial score (nSPS) is 12.0. The number of carbonyl (C=O) groups is 1. The van der Waals surface area contributed by atoms with Gasteiger partial charge < -0.3 is 26.6 Å². The molecular weight excluding hydrogens is 513 g/mol. The Bertz CT molecular complexity index is 1200. The molecule has 3 aromatic rings. The Balaban J connectivity index is 0.00000456. The third-order valence-corrected chi connectivity index (χ3v) is 4.87. The van der Waals surface area contributed by atoms with Crippen molar-refractivity contribution in [3.63, 3.8) is 0 Å². The van der Waals surface area contributed by atoms with Crippen molar-refractivity contribution >= 4 is 29.7 Å². The van der Waals surface area contributed by atoms with Crippen LogP contribution < -0.4 is 21.5 Å². The first-order valence-electron chi connectivity index (χ1n) is 10.1. The number of carbonyl (C=O) groups excluding carboxylic acids is 1. The first-order valence-corrected chi connectivity index (χ1v) is 10.1. The number of aromatic nitrogens is 2. The lowest BCUT2D eigenvalue weighted by Crippen LogP contribution is -2.25. The fourth-order valence-electron chi connectivity index (χ4n) is 3.03. The molecule has 1 atom stereocenters. The molecule has 1 aromatic carbocycles. The second-order valence-electron chi connectivity index (χ2n) is 7.34. The van der Waals surface area contributed by atoms with Crippen LogP contribution in [0.1, 0.15) is 16.1 Å². The van der Waals surface area contributed by atoms with Crippen molar-refractivity contribution < 1.29 is 36.6 Å². The van der Waals surface area contributed by atoms with E-state index in [9.17, 15) is 31.9 Å². The van der Waals surface area contributed by atoms with E-state index in [1.54, 1.807) is 0 Å². The minimum Gasteiger partial charge on any atom is -0.491 e. The number of aliphatic hydroxyl groups excluding tert-OH is 1. The number of aliphatic hydroxyl groups is 1. The van der Waals surface area contributed by atoms with Crippen LogP contribution in [0.25, 0.3) is 11.3 Å². The van der Waals surface area contributed by atoms with Gasteiger partial charge in [-0.15, -0.1) is 12.4 Å². The fraction of sp³-hybridized carbons (Fsp3) is 0.227. The van der Waals surface area contributed by atoms with Crippen LogP contribution in [-0.4, -0.2) is 40.7 Å². The van der Waals surface area contributed by atoms with E-state index in [1.807, 2.05) is 0 Å². The Labute approximate surface area is 207 Å². The van der Waals surface area contributed by atoms with E-state index >= 15 is 0 Å².